The molecule has 2 heterocycles. The summed E-state index contributed by atoms with van der Waals surface area (Å²) in [6.07, 6.45) is 0. The number of aromatic nitrogens is 1. The Morgan fingerprint density at radius 1 is 1.52 bits per heavy atom. The molecule has 0 N–H and O–H groups in total. The molecule has 6 nitrogen and oxygen atoms in total. The van der Waals surface area contributed by atoms with Crippen molar-refractivity contribution in [3.63, 3.8) is 0 Å². The molecular weight excluding hydrogens is 270 g/mol. The van der Waals surface area contributed by atoms with Gasteiger partial charge in [0, 0.05) is 24.7 Å². The van der Waals surface area contributed by atoms with Gasteiger partial charge in [0.1, 0.15) is 12.6 Å². The Labute approximate surface area is 124 Å². The Kier molecular flexibility index (Phi) is 4.00. The van der Waals surface area contributed by atoms with Crippen molar-refractivity contribution in [2.75, 3.05) is 20.1 Å². The number of likely N-dealkylation sites (N-methyl/N-ethyl adjacent to an activating group) is 1. The van der Waals surface area contributed by atoms with Crippen LogP contribution in [0.5, 0.6) is 0 Å². The lowest BCUT2D eigenvalue weighted by Gasteiger charge is -2.30. The first kappa shape index (κ1) is 15.4. The third-order valence-corrected chi connectivity index (χ3v) is 3.88. The number of carboxylic acid groups (broad SMARTS) is 1. The summed E-state index contributed by atoms with van der Waals surface area (Å²) < 4.78 is -0.0610. The van der Waals surface area contributed by atoms with Crippen LogP contribution in [0.25, 0.3) is 0 Å². The molecule has 0 aliphatic carbocycles. The van der Waals surface area contributed by atoms with Gasteiger partial charge >= 0.3 is 6.03 Å². The maximum atomic E-state index is 12.8. The zero-order valence-corrected chi connectivity index (χ0v) is 12.9. The number of aliphatic carboxylic acids is 1. The van der Waals surface area contributed by atoms with Crippen molar-refractivity contribution in [1.82, 2.24) is 14.4 Å². The van der Waals surface area contributed by atoms with Crippen LogP contribution in [-0.4, -0.2) is 48.1 Å². The van der Waals surface area contributed by atoms with Crippen LogP contribution in [0.4, 0.5) is 10.6 Å². The summed E-state index contributed by atoms with van der Waals surface area (Å²) in [5.41, 5.74) is 0.807. The number of amides is 2. The van der Waals surface area contributed by atoms with E-state index < -0.39 is 12.0 Å². The summed E-state index contributed by atoms with van der Waals surface area (Å²) in [7, 11) is 1.51. The SMILES string of the molecule is Cc1cccc([N+]2(CC(C)C)CC(C(=O)[O-])N(C)C2=O)n1. The predicted molar refractivity (Wildman–Crippen MR) is 77.3 cm³/mol. The van der Waals surface area contributed by atoms with Crippen LogP contribution < -0.4 is 9.59 Å². The monoisotopic (exact) mass is 291 g/mol. The number of hydrogen-bond acceptors (Lipinski definition) is 4. The number of carbonyl (C=O) groups excluding carboxylic acids is 2. The van der Waals surface area contributed by atoms with Crippen LogP contribution in [0.15, 0.2) is 18.2 Å². The quantitative estimate of drug-likeness (QED) is 0.759. The van der Waals surface area contributed by atoms with Crippen LogP contribution in [0, 0.1) is 12.8 Å². The molecule has 2 unspecified atom stereocenters. The number of aryl methyl sites for hydroxylation is 1. The number of nitrogens with zero attached hydrogens (tertiary/aromatic N) is 3. The molecule has 0 bridgehead atoms. The van der Waals surface area contributed by atoms with Crippen molar-refractivity contribution >= 4 is 17.8 Å². The molecular formula is C15H21N3O3. The van der Waals surface area contributed by atoms with E-state index in [1.54, 1.807) is 6.07 Å². The Balaban J connectivity index is 2.53. The molecule has 1 saturated heterocycles. The van der Waals surface area contributed by atoms with Crippen LogP contribution in [0.1, 0.15) is 19.5 Å². The van der Waals surface area contributed by atoms with Gasteiger partial charge in [-0.3, -0.25) is 4.90 Å². The Hall–Kier alpha value is -1.95. The van der Waals surface area contributed by atoms with E-state index in [1.165, 1.54) is 11.9 Å². The second-order valence-corrected chi connectivity index (χ2v) is 6.09. The lowest BCUT2D eigenvalue weighted by Crippen LogP contribution is -2.55. The molecule has 2 rings (SSSR count). The summed E-state index contributed by atoms with van der Waals surface area (Å²) in [6, 6.07) is 4.33. The van der Waals surface area contributed by atoms with E-state index in [2.05, 4.69) is 4.98 Å². The number of rotatable bonds is 4. The standard InChI is InChI=1S/C15H21N3O3/c1-10(2)8-18(13-7-5-6-11(3)16-13)9-12(14(19)20)17(4)15(18)21/h5-7,10,12H,8-9H2,1-4H3. The third-order valence-electron chi connectivity index (χ3n) is 3.88. The number of hydrogen-bond donors (Lipinski definition) is 0. The van der Waals surface area contributed by atoms with Gasteiger partial charge < -0.3 is 9.90 Å². The van der Waals surface area contributed by atoms with Crippen molar-refractivity contribution in [1.29, 1.82) is 0 Å². The van der Waals surface area contributed by atoms with Gasteiger partial charge in [-0.15, -0.1) is 0 Å². The number of pyridine rings is 1. The summed E-state index contributed by atoms with van der Waals surface area (Å²) in [5.74, 6) is -0.392. The van der Waals surface area contributed by atoms with E-state index in [1.807, 2.05) is 32.9 Å². The number of urea groups is 1. The van der Waals surface area contributed by atoms with Crippen LogP contribution in [0.3, 0.4) is 0 Å². The van der Waals surface area contributed by atoms with Crippen LogP contribution in [0.2, 0.25) is 0 Å². The predicted octanol–water partition coefficient (Wildman–Crippen LogP) is 0.537. The maximum absolute atomic E-state index is 12.8. The Bertz CT molecular complexity index is 573. The molecule has 1 aromatic heterocycles. The molecule has 0 spiro atoms. The summed E-state index contributed by atoms with van der Waals surface area (Å²) in [4.78, 5) is 29.8. The molecule has 6 heteroatoms. The van der Waals surface area contributed by atoms with Gasteiger partial charge in [-0.25, -0.2) is 9.78 Å². The second kappa shape index (κ2) is 5.44. The fourth-order valence-corrected chi connectivity index (χ4v) is 2.99. The van der Waals surface area contributed by atoms with E-state index in [0.29, 0.717) is 12.4 Å². The second-order valence-electron chi connectivity index (χ2n) is 6.09. The van der Waals surface area contributed by atoms with Gasteiger partial charge in [-0.1, -0.05) is 19.9 Å². The van der Waals surface area contributed by atoms with E-state index >= 15 is 0 Å². The highest BCUT2D eigenvalue weighted by Gasteiger charge is 2.54. The largest absolute Gasteiger partial charge is 0.548 e. The van der Waals surface area contributed by atoms with Crippen LogP contribution >= 0.6 is 0 Å². The van der Waals surface area contributed by atoms with E-state index in [-0.39, 0.29) is 23.0 Å². The lowest BCUT2D eigenvalue weighted by molar-refractivity contribution is -0.309. The average Bonchev–Trinajstić information content (AvgIpc) is 2.64. The van der Waals surface area contributed by atoms with Gasteiger partial charge in [-0.2, -0.15) is 4.48 Å². The first-order valence-corrected chi connectivity index (χ1v) is 7.07. The van der Waals surface area contributed by atoms with Gasteiger partial charge in [0.15, 0.2) is 0 Å². The summed E-state index contributed by atoms with van der Waals surface area (Å²) in [6.45, 7) is 6.55. The minimum absolute atomic E-state index is 0.0610. The molecule has 1 aliphatic rings. The average molecular weight is 291 g/mol. The smallest absolute Gasteiger partial charge is 0.426 e. The molecule has 0 aromatic carbocycles. The van der Waals surface area contributed by atoms with Crippen molar-refractivity contribution < 1.29 is 14.7 Å². The molecule has 0 radical (unpaired) electrons. The fourth-order valence-electron chi connectivity index (χ4n) is 2.99. The van der Waals surface area contributed by atoms with Crippen molar-refractivity contribution in [2.24, 2.45) is 5.92 Å². The van der Waals surface area contributed by atoms with E-state index in [0.717, 1.165) is 5.69 Å². The highest BCUT2D eigenvalue weighted by Crippen LogP contribution is 2.31. The zero-order chi connectivity index (χ0) is 15.8. The van der Waals surface area contributed by atoms with Crippen molar-refractivity contribution in [3.8, 4) is 0 Å². The Morgan fingerprint density at radius 3 is 2.67 bits per heavy atom. The molecule has 1 aromatic rings. The van der Waals surface area contributed by atoms with Gasteiger partial charge in [-0.05, 0) is 13.0 Å². The minimum Gasteiger partial charge on any atom is -0.548 e. The lowest BCUT2D eigenvalue weighted by atomic mass is 10.1. The maximum Gasteiger partial charge on any atom is 0.426 e. The number of carboxylic acids is 1. The molecule has 1 aliphatic heterocycles. The van der Waals surface area contributed by atoms with E-state index in [4.69, 9.17) is 0 Å². The Morgan fingerprint density at radius 2 is 2.19 bits per heavy atom. The highest BCUT2D eigenvalue weighted by molar-refractivity contribution is 5.93. The first-order chi connectivity index (χ1) is 9.78. The van der Waals surface area contributed by atoms with Gasteiger partial charge in [0.2, 0.25) is 5.82 Å². The summed E-state index contributed by atoms with van der Waals surface area (Å²) >= 11 is 0. The van der Waals surface area contributed by atoms with Crippen molar-refractivity contribution in [2.45, 2.75) is 26.8 Å². The molecule has 114 valence electrons. The number of quaternary nitrogens is 1. The van der Waals surface area contributed by atoms with Gasteiger partial charge in [0.25, 0.3) is 0 Å². The molecule has 2 atom stereocenters. The molecule has 21 heavy (non-hydrogen) atoms. The number of carbonyl (C=O) groups is 2. The normalized spacial score (nSPS) is 25.7. The summed E-state index contributed by atoms with van der Waals surface area (Å²) in [5, 5.41) is 11.3. The molecule has 0 saturated carbocycles. The minimum atomic E-state index is -1.22. The third kappa shape index (κ3) is 2.63. The molecule has 1 fully saturated rings. The highest BCUT2D eigenvalue weighted by atomic mass is 16.4. The zero-order valence-electron chi connectivity index (χ0n) is 12.9. The van der Waals surface area contributed by atoms with Crippen molar-refractivity contribution in [3.05, 3.63) is 23.9 Å². The topological polar surface area (TPSA) is 73.3 Å². The molecule has 2 amide bonds. The van der Waals surface area contributed by atoms with E-state index in [9.17, 15) is 14.7 Å². The van der Waals surface area contributed by atoms with Gasteiger partial charge in [0.05, 0.1) is 12.5 Å². The van der Waals surface area contributed by atoms with Crippen LogP contribution in [-0.2, 0) is 4.79 Å². The first-order valence-electron chi connectivity index (χ1n) is 7.07. The fraction of sp³-hybridized carbons (Fsp3) is 0.533.